The summed E-state index contributed by atoms with van der Waals surface area (Å²) in [6.07, 6.45) is 4.48. The smallest absolute Gasteiger partial charge is 0.419 e. The zero-order chi connectivity index (χ0) is 10.4. The number of ether oxygens (including phenoxy) is 1. The number of unbranched alkanes of at least 4 members (excludes halogenated alkanes) is 1. The average molecular weight is 196 g/mol. The Kier molecular flexibility index (Phi) is 3.84. The molecule has 0 aliphatic heterocycles. The predicted molar refractivity (Wildman–Crippen MR) is 49.3 cm³/mol. The van der Waals surface area contributed by atoms with Gasteiger partial charge in [0.25, 0.3) is 0 Å². The van der Waals surface area contributed by atoms with Gasteiger partial charge in [0, 0.05) is 6.20 Å². The first-order valence-electron chi connectivity index (χ1n) is 4.44. The van der Waals surface area contributed by atoms with Gasteiger partial charge < -0.3 is 4.74 Å². The van der Waals surface area contributed by atoms with Crippen LogP contribution in [0, 0.1) is 0 Å². The zero-order valence-electron chi connectivity index (χ0n) is 7.97. The van der Waals surface area contributed by atoms with Gasteiger partial charge in [-0.1, -0.05) is 13.3 Å². The number of carbonyl (C=O) groups is 2. The number of hydrogen-bond acceptors (Lipinski definition) is 4. The van der Waals surface area contributed by atoms with Crippen LogP contribution in [0.3, 0.4) is 0 Å². The second-order valence-corrected chi connectivity index (χ2v) is 2.79. The Bertz CT molecular complexity index is 320. The van der Waals surface area contributed by atoms with Crippen LogP contribution in [0.5, 0.6) is 0 Å². The van der Waals surface area contributed by atoms with Crippen molar-refractivity contribution in [3.63, 3.8) is 0 Å². The lowest BCUT2D eigenvalue weighted by molar-refractivity contribution is 0.111. The quantitative estimate of drug-likeness (QED) is 0.540. The largest absolute Gasteiger partial charge is 0.449 e. The maximum absolute atomic E-state index is 11.2. The number of hydrogen-bond donors (Lipinski definition) is 0. The molecule has 0 saturated heterocycles. The van der Waals surface area contributed by atoms with E-state index in [0.29, 0.717) is 12.9 Å². The van der Waals surface area contributed by atoms with Crippen molar-refractivity contribution < 1.29 is 14.3 Å². The number of imidazole rings is 1. The van der Waals surface area contributed by atoms with Crippen molar-refractivity contribution in [2.45, 2.75) is 19.8 Å². The number of nitrogens with zero attached hydrogens (tertiary/aromatic N) is 2. The molecule has 0 aliphatic rings. The van der Waals surface area contributed by atoms with Gasteiger partial charge in [-0.3, -0.25) is 4.79 Å². The van der Waals surface area contributed by atoms with E-state index >= 15 is 0 Å². The van der Waals surface area contributed by atoms with Crippen molar-refractivity contribution in [1.82, 2.24) is 9.55 Å². The van der Waals surface area contributed by atoms with Crippen LogP contribution in [-0.2, 0) is 4.74 Å². The summed E-state index contributed by atoms with van der Waals surface area (Å²) < 4.78 is 6.05. The minimum absolute atomic E-state index is 0.220. The van der Waals surface area contributed by atoms with Crippen LogP contribution in [0.25, 0.3) is 0 Å². The highest BCUT2D eigenvalue weighted by Gasteiger charge is 2.06. The first kappa shape index (κ1) is 10.4. The molecule has 0 atom stereocenters. The molecule has 0 saturated carbocycles. The molecule has 0 radical (unpaired) electrons. The van der Waals surface area contributed by atoms with E-state index < -0.39 is 6.09 Å². The van der Waals surface area contributed by atoms with E-state index in [-0.39, 0.29) is 5.69 Å². The number of carbonyl (C=O) groups excluding carboxylic acids is 2. The minimum atomic E-state index is -0.501. The van der Waals surface area contributed by atoms with Gasteiger partial charge in [0.05, 0.1) is 6.61 Å². The van der Waals surface area contributed by atoms with Gasteiger partial charge in [-0.2, -0.15) is 0 Å². The maximum Gasteiger partial charge on any atom is 0.419 e. The molecule has 1 aromatic heterocycles. The lowest BCUT2D eigenvalue weighted by atomic mass is 10.4. The Morgan fingerprint density at radius 2 is 2.50 bits per heavy atom. The fourth-order valence-corrected chi connectivity index (χ4v) is 0.877. The van der Waals surface area contributed by atoms with Crippen molar-refractivity contribution in [2.75, 3.05) is 6.61 Å². The van der Waals surface area contributed by atoms with Crippen LogP contribution in [0.2, 0.25) is 0 Å². The van der Waals surface area contributed by atoms with Crippen molar-refractivity contribution in [3.8, 4) is 0 Å². The Morgan fingerprint density at radius 1 is 1.71 bits per heavy atom. The molecule has 0 aromatic carbocycles. The van der Waals surface area contributed by atoms with E-state index in [0.717, 1.165) is 17.4 Å². The van der Waals surface area contributed by atoms with Gasteiger partial charge in [0.2, 0.25) is 0 Å². The first-order chi connectivity index (χ1) is 6.77. The molecule has 0 fully saturated rings. The molecule has 1 aromatic rings. The van der Waals surface area contributed by atoms with Gasteiger partial charge in [-0.15, -0.1) is 0 Å². The Balaban J connectivity index is 2.47. The summed E-state index contributed by atoms with van der Waals surface area (Å²) in [5, 5.41) is 0. The van der Waals surface area contributed by atoms with Gasteiger partial charge in [-0.25, -0.2) is 14.3 Å². The van der Waals surface area contributed by atoms with Gasteiger partial charge in [0.15, 0.2) is 6.29 Å². The molecule has 0 bridgehead atoms. The summed E-state index contributed by atoms with van der Waals surface area (Å²) in [6.45, 7) is 2.40. The Morgan fingerprint density at radius 3 is 3.07 bits per heavy atom. The standard InChI is InChI=1S/C9H12N2O3/c1-2-3-4-14-9(13)11-5-8(6-12)10-7-11/h5-7H,2-4H2,1H3. The third-order valence-corrected chi connectivity index (χ3v) is 1.66. The summed E-state index contributed by atoms with van der Waals surface area (Å²) >= 11 is 0. The highest BCUT2D eigenvalue weighted by molar-refractivity contribution is 5.75. The normalized spacial score (nSPS) is 9.79. The second kappa shape index (κ2) is 5.16. The van der Waals surface area contributed by atoms with E-state index in [1.54, 1.807) is 0 Å². The molecule has 76 valence electrons. The lowest BCUT2D eigenvalue weighted by Crippen LogP contribution is -2.12. The summed E-state index contributed by atoms with van der Waals surface area (Å²) in [4.78, 5) is 25.2. The van der Waals surface area contributed by atoms with Crippen LogP contribution in [0.4, 0.5) is 4.79 Å². The van der Waals surface area contributed by atoms with E-state index in [2.05, 4.69) is 4.98 Å². The maximum atomic E-state index is 11.2. The third kappa shape index (κ3) is 2.69. The Labute approximate surface area is 81.7 Å². The fourth-order valence-electron chi connectivity index (χ4n) is 0.877. The highest BCUT2D eigenvalue weighted by Crippen LogP contribution is 1.96. The molecule has 0 aliphatic carbocycles. The Hall–Kier alpha value is -1.65. The van der Waals surface area contributed by atoms with Crippen molar-refractivity contribution >= 4 is 12.4 Å². The minimum Gasteiger partial charge on any atom is -0.449 e. The molecule has 1 heterocycles. The van der Waals surface area contributed by atoms with Crippen molar-refractivity contribution in [2.24, 2.45) is 0 Å². The highest BCUT2D eigenvalue weighted by atomic mass is 16.5. The molecule has 5 nitrogen and oxygen atoms in total. The number of aromatic nitrogens is 2. The molecule has 0 amide bonds. The monoisotopic (exact) mass is 196 g/mol. The SMILES string of the molecule is CCCCOC(=O)n1cnc(C=O)c1. The van der Waals surface area contributed by atoms with E-state index in [1.165, 1.54) is 12.5 Å². The summed E-state index contributed by atoms with van der Waals surface area (Å²) in [6, 6.07) is 0. The van der Waals surface area contributed by atoms with E-state index in [9.17, 15) is 9.59 Å². The molecule has 0 N–H and O–H groups in total. The third-order valence-electron chi connectivity index (χ3n) is 1.66. The van der Waals surface area contributed by atoms with Crippen LogP contribution in [0.1, 0.15) is 30.3 Å². The van der Waals surface area contributed by atoms with E-state index in [4.69, 9.17) is 4.74 Å². The van der Waals surface area contributed by atoms with Crippen LogP contribution < -0.4 is 0 Å². The van der Waals surface area contributed by atoms with Gasteiger partial charge in [-0.05, 0) is 6.42 Å². The number of rotatable bonds is 4. The zero-order valence-corrected chi connectivity index (χ0v) is 7.97. The average Bonchev–Trinajstić information content (AvgIpc) is 2.66. The van der Waals surface area contributed by atoms with E-state index in [1.807, 2.05) is 6.92 Å². The van der Waals surface area contributed by atoms with Gasteiger partial charge >= 0.3 is 6.09 Å². The molecular formula is C9H12N2O3. The fraction of sp³-hybridized carbons (Fsp3) is 0.444. The second-order valence-electron chi connectivity index (χ2n) is 2.79. The lowest BCUT2D eigenvalue weighted by Gasteiger charge is -2.02. The number of aldehydes is 1. The molecule has 14 heavy (non-hydrogen) atoms. The van der Waals surface area contributed by atoms with Crippen molar-refractivity contribution in [1.29, 1.82) is 0 Å². The first-order valence-corrected chi connectivity index (χ1v) is 4.44. The summed E-state index contributed by atoms with van der Waals surface area (Å²) in [7, 11) is 0. The molecule has 1 rings (SSSR count). The van der Waals surface area contributed by atoms with Crippen LogP contribution >= 0.6 is 0 Å². The van der Waals surface area contributed by atoms with Crippen molar-refractivity contribution in [3.05, 3.63) is 18.2 Å². The van der Waals surface area contributed by atoms with Crippen LogP contribution in [-0.4, -0.2) is 28.5 Å². The summed E-state index contributed by atoms with van der Waals surface area (Å²) in [5.74, 6) is 0. The molecule has 0 unspecified atom stereocenters. The molecular weight excluding hydrogens is 184 g/mol. The predicted octanol–water partition coefficient (Wildman–Crippen LogP) is 1.48. The van der Waals surface area contributed by atoms with Crippen LogP contribution in [0.15, 0.2) is 12.5 Å². The topological polar surface area (TPSA) is 61.2 Å². The molecule has 5 heteroatoms. The van der Waals surface area contributed by atoms with Gasteiger partial charge in [0.1, 0.15) is 12.0 Å². The summed E-state index contributed by atoms with van der Waals surface area (Å²) in [5.41, 5.74) is 0.220. The molecule has 0 spiro atoms.